The van der Waals surface area contributed by atoms with Crippen LogP contribution >= 0.6 is 0 Å². The molecule has 1 aliphatic carbocycles. The molecule has 0 amide bonds. The smallest absolute Gasteiger partial charge is 0.0256 e. The number of hydrogen-bond acceptors (Lipinski definition) is 1. The van der Waals surface area contributed by atoms with Crippen molar-refractivity contribution in [2.75, 3.05) is 0 Å². The second kappa shape index (κ2) is 3.22. The fourth-order valence-corrected chi connectivity index (χ4v) is 1.47. The molecule has 0 aromatic carbocycles. The molecule has 0 fully saturated rings. The molecule has 2 N–H and O–H groups in total. The Morgan fingerprint density at radius 1 is 1.73 bits per heavy atom. The highest BCUT2D eigenvalue weighted by Gasteiger charge is 2.18. The number of nitrogens with two attached hydrogens (primary N) is 1. The van der Waals surface area contributed by atoms with Gasteiger partial charge in [0, 0.05) is 6.04 Å². The molecule has 1 heteroatoms. The summed E-state index contributed by atoms with van der Waals surface area (Å²) in [5.41, 5.74) is 8.50. The zero-order valence-corrected chi connectivity index (χ0v) is 7.43. The van der Waals surface area contributed by atoms with Gasteiger partial charge in [-0.3, -0.25) is 0 Å². The molecule has 1 nitrogen and oxygen atoms in total. The first-order valence-corrected chi connectivity index (χ1v) is 4.19. The molecule has 0 saturated carbocycles. The predicted molar refractivity (Wildman–Crippen MR) is 49.3 cm³/mol. The number of hydrogen-bond donors (Lipinski definition) is 1. The Kier molecular flexibility index (Phi) is 2.50. The van der Waals surface area contributed by atoms with E-state index >= 15 is 0 Å². The van der Waals surface area contributed by atoms with Gasteiger partial charge in [-0.05, 0) is 32.6 Å². The highest BCUT2D eigenvalue weighted by atomic mass is 14.6. The van der Waals surface area contributed by atoms with Crippen LogP contribution in [0.25, 0.3) is 0 Å². The minimum Gasteiger partial charge on any atom is -0.324 e. The first-order chi connectivity index (χ1) is 5.11. The van der Waals surface area contributed by atoms with Crippen LogP contribution in [0.5, 0.6) is 0 Å². The summed E-state index contributed by atoms with van der Waals surface area (Å²) in [4.78, 5) is 0. The fourth-order valence-electron chi connectivity index (χ4n) is 1.47. The lowest BCUT2D eigenvalue weighted by molar-refractivity contribution is 0.493. The van der Waals surface area contributed by atoms with Crippen molar-refractivity contribution < 1.29 is 0 Å². The molecule has 0 aliphatic heterocycles. The molecule has 0 radical (unpaired) electrons. The van der Waals surface area contributed by atoms with E-state index < -0.39 is 0 Å². The van der Waals surface area contributed by atoms with E-state index in [4.69, 9.17) is 5.73 Å². The Labute approximate surface area is 69.0 Å². The molecule has 62 valence electrons. The molecule has 1 rings (SSSR count). The Balaban J connectivity index is 2.62. The molecule has 0 saturated heterocycles. The third-order valence-corrected chi connectivity index (χ3v) is 2.54. The molecule has 2 unspecified atom stereocenters. The van der Waals surface area contributed by atoms with Crippen molar-refractivity contribution in [2.24, 2.45) is 11.7 Å². The van der Waals surface area contributed by atoms with E-state index in [0.717, 1.165) is 12.8 Å². The summed E-state index contributed by atoms with van der Waals surface area (Å²) in [7, 11) is 0. The monoisotopic (exact) mass is 151 g/mol. The highest BCUT2D eigenvalue weighted by Crippen LogP contribution is 2.26. The zero-order chi connectivity index (χ0) is 8.43. The maximum absolute atomic E-state index is 5.90. The third-order valence-electron chi connectivity index (χ3n) is 2.54. The van der Waals surface area contributed by atoms with Crippen LogP contribution in [0.1, 0.15) is 26.7 Å². The summed E-state index contributed by atoms with van der Waals surface area (Å²) >= 11 is 0. The van der Waals surface area contributed by atoms with Gasteiger partial charge in [0.25, 0.3) is 0 Å². The van der Waals surface area contributed by atoms with E-state index in [-0.39, 0.29) is 6.04 Å². The molecule has 0 aromatic rings. The van der Waals surface area contributed by atoms with Crippen molar-refractivity contribution in [2.45, 2.75) is 32.7 Å². The molecule has 0 aromatic heterocycles. The van der Waals surface area contributed by atoms with Crippen molar-refractivity contribution in [3.8, 4) is 0 Å². The lowest BCUT2D eigenvalue weighted by atomic mass is 9.83. The van der Waals surface area contributed by atoms with Gasteiger partial charge in [0.2, 0.25) is 0 Å². The molecule has 1 aliphatic rings. The Morgan fingerprint density at radius 2 is 2.36 bits per heavy atom. The molecular formula is C10H17N. The average molecular weight is 151 g/mol. The van der Waals surface area contributed by atoms with Crippen LogP contribution in [0.2, 0.25) is 0 Å². The molecule has 2 atom stereocenters. The predicted octanol–water partition coefficient (Wildman–Crippen LogP) is 2.25. The van der Waals surface area contributed by atoms with Gasteiger partial charge in [-0.2, -0.15) is 0 Å². The van der Waals surface area contributed by atoms with E-state index in [9.17, 15) is 0 Å². The molecule has 11 heavy (non-hydrogen) atoms. The summed E-state index contributed by atoms with van der Waals surface area (Å²) in [6, 6.07) is 0.269. The Bertz CT molecular complexity index is 191. The van der Waals surface area contributed by atoms with E-state index in [1.54, 1.807) is 0 Å². The lowest BCUT2D eigenvalue weighted by Crippen LogP contribution is -2.28. The highest BCUT2D eigenvalue weighted by molar-refractivity contribution is 5.15. The van der Waals surface area contributed by atoms with Crippen LogP contribution < -0.4 is 5.73 Å². The van der Waals surface area contributed by atoms with Crippen LogP contribution in [-0.2, 0) is 0 Å². The second-order valence-corrected chi connectivity index (χ2v) is 3.57. The first kappa shape index (κ1) is 8.54. The van der Waals surface area contributed by atoms with Gasteiger partial charge in [0.05, 0.1) is 0 Å². The molecule has 0 bridgehead atoms. The van der Waals surface area contributed by atoms with Gasteiger partial charge < -0.3 is 5.73 Å². The normalized spacial score (nSPS) is 31.4. The summed E-state index contributed by atoms with van der Waals surface area (Å²) in [6.07, 6.45) is 4.46. The van der Waals surface area contributed by atoms with Crippen molar-refractivity contribution in [3.05, 3.63) is 23.8 Å². The summed E-state index contributed by atoms with van der Waals surface area (Å²) in [5.74, 6) is 0.619. The fraction of sp³-hybridized carbons (Fsp3) is 0.600. The second-order valence-electron chi connectivity index (χ2n) is 3.57. The standard InChI is InChI=1S/C10H17N/c1-7(2)9-5-4-8(3)10(11)6-9/h4,9-10H,1,5-6,11H2,2-3H3. The first-order valence-electron chi connectivity index (χ1n) is 4.19. The largest absolute Gasteiger partial charge is 0.324 e. The van der Waals surface area contributed by atoms with Gasteiger partial charge in [0.1, 0.15) is 0 Å². The van der Waals surface area contributed by atoms with E-state index in [0.29, 0.717) is 5.92 Å². The molecular weight excluding hydrogens is 134 g/mol. The van der Waals surface area contributed by atoms with Gasteiger partial charge in [0.15, 0.2) is 0 Å². The van der Waals surface area contributed by atoms with Crippen molar-refractivity contribution in [3.63, 3.8) is 0 Å². The Hall–Kier alpha value is -0.560. The van der Waals surface area contributed by atoms with Crippen LogP contribution in [-0.4, -0.2) is 6.04 Å². The van der Waals surface area contributed by atoms with Gasteiger partial charge in [-0.25, -0.2) is 0 Å². The van der Waals surface area contributed by atoms with Crippen molar-refractivity contribution in [1.29, 1.82) is 0 Å². The van der Waals surface area contributed by atoms with Crippen molar-refractivity contribution >= 4 is 0 Å². The lowest BCUT2D eigenvalue weighted by Gasteiger charge is -2.25. The molecule has 0 spiro atoms. The third kappa shape index (κ3) is 1.93. The Morgan fingerprint density at radius 3 is 2.82 bits per heavy atom. The number of allylic oxidation sites excluding steroid dienone is 2. The van der Waals surface area contributed by atoms with E-state index in [1.165, 1.54) is 11.1 Å². The van der Waals surface area contributed by atoms with Gasteiger partial charge in [-0.1, -0.05) is 23.8 Å². The molecule has 0 heterocycles. The van der Waals surface area contributed by atoms with Crippen molar-refractivity contribution in [1.82, 2.24) is 0 Å². The SMILES string of the molecule is C=C(C)C1CC=C(C)C(N)C1. The van der Waals surface area contributed by atoms with Gasteiger partial charge in [-0.15, -0.1) is 0 Å². The zero-order valence-electron chi connectivity index (χ0n) is 7.43. The number of rotatable bonds is 1. The summed E-state index contributed by atoms with van der Waals surface area (Å²) in [5, 5.41) is 0. The topological polar surface area (TPSA) is 26.0 Å². The van der Waals surface area contributed by atoms with Crippen LogP contribution in [0.4, 0.5) is 0 Å². The summed E-state index contributed by atoms with van der Waals surface area (Å²) < 4.78 is 0. The average Bonchev–Trinajstić information content (AvgIpc) is 1.94. The van der Waals surface area contributed by atoms with E-state index in [1.807, 2.05) is 0 Å². The quantitative estimate of drug-likeness (QED) is 0.571. The summed E-state index contributed by atoms with van der Waals surface area (Å²) in [6.45, 7) is 8.15. The maximum Gasteiger partial charge on any atom is 0.0256 e. The van der Waals surface area contributed by atoms with Crippen LogP contribution in [0.15, 0.2) is 23.8 Å². The minimum absolute atomic E-state index is 0.269. The van der Waals surface area contributed by atoms with Crippen LogP contribution in [0.3, 0.4) is 0 Å². The minimum atomic E-state index is 0.269. The maximum atomic E-state index is 5.90. The van der Waals surface area contributed by atoms with E-state index in [2.05, 4.69) is 26.5 Å². The van der Waals surface area contributed by atoms with Gasteiger partial charge >= 0.3 is 0 Å². The van der Waals surface area contributed by atoms with Crippen LogP contribution in [0, 0.1) is 5.92 Å².